The molecule has 10 heteroatoms. The molecule has 1 aromatic heterocycles. The highest BCUT2D eigenvalue weighted by molar-refractivity contribution is 6.11. The van der Waals surface area contributed by atoms with E-state index in [2.05, 4.69) is 89.2 Å². The fourth-order valence-corrected chi connectivity index (χ4v) is 7.58. The van der Waals surface area contributed by atoms with Crippen molar-refractivity contribution >= 4 is 27.7 Å². The molecule has 1 amide bonds. The summed E-state index contributed by atoms with van der Waals surface area (Å²) in [6.07, 6.45) is 24.1. The number of benzene rings is 3. The maximum Gasteiger partial charge on any atom is 0.220 e. The van der Waals surface area contributed by atoms with Crippen LogP contribution in [-0.4, -0.2) is 79.5 Å². The van der Waals surface area contributed by atoms with Crippen molar-refractivity contribution in [3.05, 3.63) is 91.0 Å². The topological polar surface area (TPSA) is 126 Å². The van der Waals surface area contributed by atoms with Crippen LogP contribution in [-0.2, 0) is 4.79 Å². The number of ether oxygens (including phenoxy) is 3. The number of carbonyl (C=O) groups is 1. The molecular formula is C50H74N4O6. The molecule has 60 heavy (non-hydrogen) atoms. The molecule has 330 valence electrons. The molecule has 4 aromatic rings. The van der Waals surface area contributed by atoms with Crippen LogP contribution >= 0.6 is 0 Å². The molecule has 3 atom stereocenters. The van der Waals surface area contributed by atoms with Gasteiger partial charge in [0.1, 0.15) is 25.1 Å². The van der Waals surface area contributed by atoms with Gasteiger partial charge in [0.25, 0.3) is 0 Å². The molecule has 4 rings (SSSR count). The third kappa shape index (κ3) is 16.5. The number of amides is 1. The SMILES string of the molecule is CCCCCCNn1c2ccccc2c2c(OCC(O)CNC(COc3ccccc3OC)C(C=CCC=CCCCCCCCC(=O)NCCO)CCCC)cccc21. The second-order valence-corrected chi connectivity index (χ2v) is 15.7. The smallest absolute Gasteiger partial charge is 0.220 e. The second kappa shape index (κ2) is 28.9. The zero-order valence-electron chi connectivity index (χ0n) is 36.7. The largest absolute Gasteiger partial charge is 0.493 e. The lowest BCUT2D eigenvalue weighted by Crippen LogP contribution is -2.45. The van der Waals surface area contributed by atoms with Crippen LogP contribution in [0.15, 0.2) is 91.0 Å². The number of allylic oxidation sites excluding steroid dienone is 3. The second-order valence-electron chi connectivity index (χ2n) is 15.7. The number of fused-ring (bicyclic) bond motifs is 3. The lowest BCUT2D eigenvalue weighted by molar-refractivity contribution is -0.121. The van der Waals surface area contributed by atoms with Crippen molar-refractivity contribution in [3.63, 3.8) is 0 Å². The van der Waals surface area contributed by atoms with Gasteiger partial charge in [0.05, 0.1) is 30.1 Å². The van der Waals surface area contributed by atoms with E-state index in [0.717, 1.165) is 105 Å². The van der Waals surface area contributed by atoms with Crippen LogP contribution in [0.3, 0.4) is 0 Å². The quantitative estimate of drug-likeness (QED) is 0.0238. The number of nitrogens with zero attached hydrogens (tertiary/aromatic N) is 1. The number of unbranched alkanes of at least 4 members (excludes halogenated alkanes) is 9. The van der Waals surface area contributed by atoms with Crippen molar-refractivity contribution in [2.75, 3.05) is 52.0 Å². The number of para-hydroxylation sites is 3. The van der Waals surface area contributed by atoms with Gasteiger partial charge < -0.3 is 40.5 Å². The normalized spacial score (nSPS) is 13.3. The summed E-state index contributed by atoms with van der Waals surface area (Å²) in [5.74, 6) is 2.37. The van der Waals surface area contributed by atoms with E-state index in [0.29, 0.717) is 37.6 Å². The third-order valence-electron chi connectivity index (χ3n) is 10.9. The van der Waals surface area contributed by atoms with Crippen LogP contribution in [0.4, 0.5) is 0 Å². The van der Waals surface area contributed by atoms with E-state index >= 15 is 0 Å². The van der Waals surface area contributed by atoms with E-state index in [9.17, 15) is 9.90 Å². The van der Waals surface area contributed by atoms with Gasteiger partial charge in [-0.25, -0.2) is 0 Å². The first kappa shape index (κ1) is 48.2. The minimum atomic E-state index is -0.742. The highest BCUT2D eigenvalue weighted by Gasteiger charge is 2.22. The summed E-state index contributed by atoms with van der Waals surface area (Å²) >= 11 is 0. The number of nitrogens with one attached hydrogen (secondary N) is 3. The lowest BCUT2D eigenvalue weighted by atomic mass is 9.93. The van der Waals surface area contributed by atoms with Crippen molar-refractivity contribution in [1.29, 1.82) is 0 Å². The third-order valence-corrected chi connectivity index (χ3v) is 10.9. The Bertz CT molecular complexity index is 1840. The van der Waals surface area contributed by atoms with Crippen LogP contribution in [0.5, 0.6) is 17.2 Å². The average molecular weight is 827 g/mol. The van der Waals surface area contributed by atoms with Gasteiger partial charge in [-0.2, -0.15) is 0 Å². The highest BCUT2D eigenvalue weighted by Crippen LogP contribution is 2.35. The molecule has 0 aliphatic rings. The van der Waals surface area contributed by atoms with Crippen LogP contribution < -0.4 is 30.3 Å². The van der Waals surface area contributed by atoms with Gasteiger partial charge in [-0.1, -0.05) is 126 Å². The molecule has 3 unspecified atom stereocenters. The summed E-state index contributed by atoms with van der Waals surface area (Å²) in [7, 11) is 1.66. The Hall–Kier alpha value is -4.51. The zero-order valence-corrected chi connectivity index (χ0v) is 36.7. The first-order valence-electron chi connectivity index (χ1n) is 22.8. The Kier molecular flexibility index (Phi) is 23.2. The van der Waals surface area contributed by atoms with E-state index in [1.807, 2.05) is 36.4 Å². The number of methoxy groups -OCH3 is 1. The van der Waals surface area contributed by atoms with E-state index < -0.39 is 6.10 Å². The van der Waals surface area contributed by atoms with Crippen molar-refractivity contribution in [3.8, 4) is 17.2 Å². The van der Waals surface area contributed by atoms with Gasteiger partial charge in [-0.05, 0) is 74.8 Å². The summed E-state index contributed by atoms with van der Waals surface area (Å²) in [4.78, 5) is 11.7. The number of aliphatic hydroxyl groups excluding tert-OH is 2. The maximum absolute atomic E-state index is 11.7. The summed E-state index contributed by atoms with van der Waals surface area (Å²) in [5, 5.41) is 28.7. The van der Waals surface area contributed by atoms with Gasteiger partial charge in [0.15, 0.2) is 11.5 Å². The lowest BCUT2D eigenvalue weighted by Gasteiger charge is -2.28. The van der Waals surface area contributed by atoms with Crippen LogP contribution in [0, 0.1) is 5.92 Å². The Morgan fingerprint density at radius 3 is 2.28 bits per heavy atom. The predicted molar refractivity (Wildman–Crippen MR) is 248 cm³/mol. The number of hydrogen-bond acceptors (Lipinski definition) is 8. The number of aliphatic hydroxyl groups is 2. The van der Waals surface area contributed by atoms with E-state index in [1.54, 1.807) is 7.11 Å². The minimum absolute atomic E-state index is 0.0153. The summed E-state index contributed by atoms with van der Waals surface area (Å²) in [6, 6.07) is 22.2. The molecule has 0 spiro atoms. The predicted octanol–water partition coefficient (Wildman–Crippen LogP) is 9.85. The van der Waals surface area contributed by atoms with Gasteiger partial charge in [0.2, 0.25) is 5.91 Å². The van der Waals surface area contributed by atoms with Crippen LogP contribution in [0.1, 0.15) is 110 Å². The van der Waals surface area contributed by atoms with Gasteiger partial charge in [0, 0.05) is 37.5 Å². The van der Waals surface area contributed by atoms with Crippen molar-refractivity contribution < 1.29 is 29.2 Å². The van der Waals surface area contributed by atoms with Gasteiger partial charge in [-0.3, -0.25) is 9.47 Å². The Balaban J connectivity index is 1.35. The van der Waals surface area contributed by atoms with Crippen molar-refractivity contribution in [2.24, 2.45) is 5.92 Å². The molecule has 0 radical (unpaired) electrons. The molecule has 0 aliphatic heterocycles. The Labute approximate surface area is 359 Å². The van der Waals surface area contributed by atoms with Gasteiger partial charge >= 0.3 is 0 Å². The first-order chi connectivity index (χ1) is 29.5. The monoisotopic (exact) mass is 827 g/mol. The fraction of sp³-hybridized carbons (Fsp3) is 0.540. The molecule has 0 aliphatic carbocycles. The number of aromatic nitrogens is 1. The van der Waals surface area contributed by atoms with E-state index in [1.165, 1.54) is 19.3 Å². The van der Waals surface area contributed by atoms with Crippen molar-refractivity contribution in [1.82, 2.24) is 15.3 Å². The summed E-state index contributed by atoms with van der Waals surface area (Å²) in [5.41, 5.74) is 5.83. The summed E-state index contributed by atoms with van der Waals surface area (Å²) < 4.78 is 20.6. The van der Waals surface area contributed by atoms with E-state index in [-0.39, 0.29) is 31.1 Å². The number of rotatable bonds is 33. The molecule has 3 aromatic carbocycles. The van der Waals surface area contributed by atoms with Crippen LogP contribution in [0.2, 0.25) is 0 Å². The van der Waals surface area contributed by atoms with Gasteiger partial charge in [-0.15, -0.1) is 0 Å². The molecule has 0 fully saturated rings. The first-order valence-corrected chi connectivity index (χ1v) is 22.8. The number of hydrogen-bond donors (Lipinski definition) is 5. The molecular weight excluding hydrogens is 753 g/mol. The average Bonchev–Trinajstić information content (AvgIpc) is 3.60. The molecule has 0 bridgehead atoms. The van der Waals surface area contributed by atoms with Crippen LogP contribution in [0.25, 0.3) is 21.8 Å². The zero-order chi connectivity index (χ0) is 42.6. The molecule has 0 saturated heterocycles. The fourth-order valence-electron chi connectivity index (χ4n) is 7.58. The number of carbonyl (C=O) groups excluding carboxylic acids is 1. The Morgan fingerprint density at radius 2 is 1.47 bits per heavy atom. The Morgan fingerprint density at radius 1 is 0.750 bits per heavy atom. The molecule has 10 nitrogen and oxygen atoms in total. The van der Waals surface area contributed by atoms with Crippen molar-refractivity contribution in [2.45, 2.75) is 122 Å². The molecule has 1 heterocycles. The molecule has 0 saturated carbocycles. The molecule has 5 N–H and O–H groups in total. The van der Waals surface area contributed by atoms with E-state index in [4.69, 9.17) is 19.3 Å². The standard InChI is InChI=1S/C50H74N4O6/c1-4-6-8-23-34-53-54-44-28-20-19-27-42(44)50-45(54)29-24-32-48(50)59-38-41(56)37-52-43(39-60-47-31-22-21-30-46(47)58-3)40(25-7-5-2)26-17-15-13-11-9-10-12-14-16-18-33-49(57)51-35-36-55/h11,13,17,19-22,24,26-32,40-41,43,52-53,55-56H,4-10,12,14-16,18,23,25,33-39H2,1-3H3,(H,51,57). The summed E-state index contributed by atoms with van der Waals surface area (Å²) in [6.45, 7) is 6.59. The minimum Gasteiger partial charge on any atom is -0.493 e. The highest BCUT2D eigenvalue weighted by atomic mass is 16.5. The maximum atomic E-state index is 11.7.